The van der Waals surface area contributed by atoms with Gasteiger partial charge in [0.15, 0.2) is 0 Å². The Labute approximate surface area is 156 Å². The van der Waals surface area contributed by atoms with Gasteiger partial charge in [-0.05, 0) is 35.0 Å². The number of carbonyl (C=O) groups is 1. The van der Waals surface area contributed by atoms with E-state index in [1.54, 1.807) is 34.0 Å². The number of nitrogens with zero attached hydrogens (tertiary/aromatic N) is 2. The minimum absolute atomic E-state index is 0.0233. The molecule has 0 fully saturated rings. The molecule has 4 aromatic rings. The maximum Gasteiger partial charge on any atom is 0.268 e. The predicted molar refractivity (Wildman–Crippen MR) is 101 cm³/mol. The van der Waals surface area contributed by atoms with Gasteiger partial charge in [0.05, 0.1) is 22.7 Å². The second-order valence-electron chi connectivity index (χ2n) is 5.20. The van der Waals surface area contributed by atoms with Gasteiger partial charge in [-0.2, -0.15) is 4.98 Å². The fourth-order valence-corrected chi connectivity index (χ4v) is 4.46. The molecule has 4 rings (SSSR count). The summed E-state index contributed by atoms with van der Waals surface area (Å²) in [6.45, 7) is 0.501. The minimum atomic E-state index is 0.0233. The van der Waals surface area contributed by atoms with E-state index in [1.807, 2.05) is 47.2 Å². The molecule has 0 aliphatic rings. The highest BCUT2D eigenvalue weighted by Gasteiger charge is 2.13. The molecule has 0 spiro atoms. The van der Waals surface area contributed by atoms with E-state index in [1.165, 1.54) is 0 Å². The molecule has 4 aromatic heterocycles. The van der Waals surface area contributed by atoms with Gasteiger partial charge in [0.2, 0.25) is 11.7 Å². The molecule has 0 saturated heterocycles. The van der Waals surface area contributed by atoms with Gasteiger partial charge in [-0.3, -0.25) is 4.79 Å². The summed E-state index contributed by atoms with van der Waals surface area (Å²) in [7, 11) is 0. The van der Waals surface area contributed by atoms with Crippen LogP contribution in [0.1, 0.15) is 9.75 Å². The molecule has 0 saturated carbocycles. The van der Waals surface area contributed by atoms with Crippen LogP contribution in [-0.2, 0) is 17.8 Å². The van der Waals surface area contributed by atoms with Crippen molar-refractivity contribution in [1.29, 1.82) is 0 Å². The van der Waals surface area contributed by atoms with Crippen LogP contribution in [0.3, 0.4) is 0 Å². The van der Waals surface area contributed by atoms with Crippen LogP contribution in [0.5, 0.6) is 0 Å². The lowest BCUT2D eigenvalue weighted by Crippen LogP contribution is -2.23. The number of amides is 1. The van der Waals surface area contributed by atoms with E-state index >= 15 is 0 Å². The molecule has 0 aliphatic carbocycles. The van der Waals surface area contributed by atoms with E-state index in [9.17, 15) is 4.79 Å². The largest absolute Gasteiger partial charge is 0.351 e. The van der Waals surface area contributed by atoms with Gasteiger partial charge in [-0.15, -0.1) is 34.0 Å². The third-order valence-corrected chi connectivity index (χ3v) is 6.23. The van der Waals surface area contributed by atoms with Crippen molar-refractivity contribution in [2.45, 2.75) is 13.0 Å². The van der Waals surface area contributed by atoms with Crippen LogP contribution in [0.2, 0.25) is 0 Å². The van der Waals surface area contributed by atoms with Crippen LogP contribution in [0.25, 0.3) is 21.5 Å². The Balaban J connectivity index is 1.38. The van der Waals surface area contributed by atoms with Crippen LogP contribution < -0.4 is 5.32 Å². The van der Waals surface area contributed by atoms with Crippen LogP contribution in [0, 0.1) is 0 Å². The number of hydrogen-bond donors (Lipinski definition) is 1. The zero-order valence-corrected chi connectivity index (χ0v) is 15.4. The maximum atomic E-state index is 12.0. The summed E-state index contributed by atoms with van der Waals surface area (Å²) in [6.07, 6.45) is 0.420. The van der Waals surface area contributed by atoms with Crippen molar-refractivity contribution in [2.24, 2.45) is 0 Å². The Kier molecular flexibility index (Phi) is 4.73. The number of carbonyl (C=O) groups excluding carboxylic acids is 1. The second-order valence-corrected chi connectivity index (χ2v) is 8.35. The number of nitrogens with one attached hydrogen (secondary N) is 1. The van der Waals surface area contributed by atoms with Crippen molar-refractivity contribution < 1.29 is 9.32 Å². The highest BCUT2D eigenvalue weighted by Crippen LogP contribution is 2.29. The van der Waals surface area contributed by atoms with Crippen molar-refractivity contribution in [2.75, 3.05) is 0 Å². The van der Waals surface area contributed by atoms with Gasteiger partial charge in [0.1, 0.15) is 0 Å². The Morgan fingerprint density at radius 2 is 1.92 bits per heavy atom. The zero-order chi connectivity index (χ0) is 17.1. The second kappa shape index (κ2) is 7.30. The first-order valence-electron chi connectivity index (χ1n) is 7.54. The van der Waals surface area contributed by atoms with Gasteiger partial charge in [0.25, 0.3) is 5.89 Å². The Morgan fingerprint density at radius 3 is 2.72 bits per heavy atom. The SMILES string of the molecule is O=C(Cc1cccs1)NCc1ccc(-c2nc(-c3cccs3)no2)s1. The molecule has 5 nitrogen and oxygen atoms in total. The quantitative estimate of drug-likeness (QED) is 0.531. The van der Waals surface area contributed by atoms with Gasteiger partial charge in [-0.1, -0.05) is 17.3 Å². The molecule has 126 valence electrons. The average molecular weight is 388 g/mol. The number of aromatic nitrogens is 2. The summed E-state index contributed by atoms with van der Waals surface area (Å²) in [6, 6.07) is 11.7. The van der Waals surface area contributed by atoms with Crippen molar-refractivity contribution in [3.05, 3.63) is 56.9 Å². The van der Waals surface area contributed by atoms with Crippen LogP contribution in [0.4, 0.5) is 0 Å². The molecule has 8 heteroatoms. The summed E-state index contributed by atoms with van der Waals surface area (Å²) in [5.74, 6) is 1.13. The smallest absolute Gasteiger partial charge is 0.268 e. The molecular formula is C17H13N3O2S3. The highest BCUT2D eigenvalue weighted by molar-refractivity contribution is 7.15. The first kappa shape index (κ1) is 16.2. The van der Waals surface area contributed by atoms with Crippen molar-refractivity contribution in [3.8, 4) is 21.5 Å². The van der Waals surface area contributed by atoms with Crippen LogP contribution in [0.15, 0.2) is 51.7 Å². The molecule has 0 atom stereocenters. The summed E-state index contributed by atoms with van der Waals surface area (Å²) in [5.41, 5.74) is 0. The standard InChI is InChI=1S/C17H13N3O2S3/c21-15(9-11-3-1-7-23-11)18-10-12-5-6-14(25-12)17-19-16(20-22-17)13-4-2-8-24-13/h1-8H,9-10H2,(H,18,21). The van der Waals surface area contributed by atoms with Gasteiger partial charge in [0, 0.05) is 9.75 Å². The van der Waals surface area contributed by atoms with Gasteiger partial charge >= 0.3 is 0 Å². The Bertz CT molecular complexity index is 955. The predicted octanol–water partition coefficient (Wildman–Crippen LogP) is 4.45. The molecule has 0 bridgehead atoms. The van der Waals surface area contributed by atoms with Crippen LogP contribution >= 0.6 is 34.0 Å². The summed E-state index contributed by atoms with van der Waals surface area (Å²) in [4.78, 5) is 20.4. The van der Waals surface area contributed by atoms with E-state index in [4.69, 9.17) is 4.52 Å². The third kappa shape index (κ3) is 3.87. The molecule has 25 heavy (non-hydrogen) atoms. The molecule has 0 aliphatic heterocycles. The van der Waals surface area contributed by atoms with E-state index in [0.717, 1.165) is 19.5 Å². The molecule has 4 heterocycles. The molecule has 0 radical (unpaired) electrons. The number of hydrogen-bond acceptors (Lipinski definition) is 7. The summed E-state index contributed by atoms with van der Waals surface area (Å²) >= 11 is 4.71. The normalized spacial score (nSPS) is 10.9. The van der Waals surface area contributed by atoms with Crippen molar-refractivity contribution >= 4 is 39.9 Å². The lowest BCUT2D eigenvalue weighted by molar-refractivity contribution is -0.120. The van der Waals surface area contributed by atoms with Crippen molar-refractivity contribution in [1.82, 2.24) is 15.5 Å². The lowest BCUT2D eigenvalue weighted by atomic mass is 10.3. The fraction of sp³-hybridized carbons (Fsp3) is 0.118. The molecular weight excluding hydrogens is 374 g/mol. The highest BCUT2D eigenvalue weighted by atomic mass is 32.1. The first-order chi connectivity index (χ1) is 12.3. The van der Waals surface area contributed by atoms with E-state index in [0.29, 0.717) is 24.7 Å². The fourth-order valence-electron chi connectivity index (χ4n) is 2.24. The van der Waals surface area contributed by atoms with E-state index in [-0.39, 0.29) is 5.91 Å². The third-order valence-electron chi connectivity index (χ3n) is 3.41. The van der Waals surface area contributed by atoms with Gasteiger partial charge < -0.3 is 9.84 Å². The lowest BCUT2D eigenvalue weighted by Gasteiger charge is -2.01. The zero-order valence-electron chi connectivity index (χ0n) is 13.0. The minimum Gasteiger partial charge on any atom is -0.351 e. The topological polar surface area (TPSA) is 68.0 Å². The van der Waals surface area contributed by atoms with Crippen LogP contribution in [-0.4, -0.2) is 16.0 Å². The van der Waals surface area contributed by atoms with E-state index in [2.05, 4.69) is 15.5 Å². The van der Waals surface area contributed by atoms with Gasteiger partial charge in [-0.25, -0.2) is 0 Å². The molecule has 0 aromatic carbocycles. The van der Waals surface area contributed by atoms with E-state index < -0.39 is 0 Å². The number of thiophene rings is 3. The molecule has 1 N–H and O–H groups in total. The maximum absolute atomic E-state index is 12.0. The Hall–Kier alpha value is -2.29. The average Bonchev–Trinajstić information content (AvgIpc) is 3.40. The number of rotatable bonds is 6. The monoisotopic (exact) mass is 387 g/mol. The molecule has 0 unspecified atom stereocenters. The Morgan fingerprint density at radius 1 is 1.04 bits per heavy atom. The molecule has 1 amide bonds. The summed E-state index contributed by atoms with van der Waals surface area (Å²) in [5, 5.41) is 10.9. The summed E-state index contributed by atoms with van der Waals surface area (Å²) < 4.78 is 5.35. The first-order valence-corrected chi connectivity index (χ1v) is 10.1. The van der Waals surface area contributed by atoms with Crippen molar-refractivity contribution in [3.63, 3.8) is 0 Å².